The van der Waals surface area contributed by atoms with Gasteiger partial charge in [0.1, 0.15) is 5.69 Å². The molecule has 0 bridgehead atoms. The quantitative estimate of drug-likeness (QED) is 0.0820. The number of esters is 1. The number of carbonyl (C=O) groups excluding carboxylic acids is 2. The number of ether oxygens (including phenoxy) is 1. The summed E-state index contributed by atoms with van der Waals surface area (Å²) in [7, 11) is -1.69. The van der Waals surface area contributed by atoms with Gasteiger partial charge in [0.25, 0.3) is 9.04 Å². The summed E-state index contributed by atoms with van der Waals surface area (Å²) in [6, 6.07) is 31.4. The Morgan fingerprint density at radius 3 is 2.18 bits per heavy atom. The summed E-state index contributed by atoms with van der Waals surface area (Å²) in [5, 5.41) is 6.19. The van der Waals surface area contributed by atoms with Gasteiger partial charge in [-0.05, 0) is 64.7 Å². The molecule has 0 saturated carbocycles. The van der Waals surface area contributed by atoms with Crippen molar-refractivity contribution in [1.82, 2.24) is 14.9 Å². The molecule has 1 amide bonds. The van der Waals surface area contributed by atoms with E-state index in [-0.39, 0.29) is 30.2 Å². The first-order valence-corrected chi connectivity index (χ1v) is 18.1. The summed E-state index contributed by atoms with van der Waals surface area (Å²) in [5.74, 6) is -0.777. The van der Waals surface area contributed by atoms with E-state index in [9.17, 15) is 9.59 Å². The highest BCUT2D eigenvalue weighted by Crippen LogP contribution is 2.45. The highest BCUT2D eigenvalue weighted by atomic mass is 35.5. The van der Waals surface area contributed by atoms with Crippen LogP contribution in [0, 0.1) is 5.41 Å². The van der Waals surface area contributed by atoms with Gasteiger partial charge in [-0.2, -0.15) is 0 Å². The van der Waals surface area contributed by atoms with Gasteiger partial charge in [-0.3, -0.25) is 4.79 Å². The minimum atomic E-state index is -1.69. The van der Waals surface area contributed by atoms with Gasteiger partial charge in [-0.1, -0.05) is 111 Å². The minimum absolute atomic E-state index is 0.211. The highest BCUT2D eigenvalue weighted by molar-refractivity contribution is 6.80. The number of halogens is 2. The second kappa shape index (κ2) is 16.3. The summed E-state index contributed by atoms with van der Waals surface area (Å²) in [5.41, 5.74) is 2.79. The molecule has 0 aliphatic heterocycles. The molecule has 5 rings (SSSR count). The molecule has 0 saturated heterocycles. The van der Waals surface area contributed by atoms with Crippen LogP contribution >= 0.6 is 23.2 Å². The van der Waals surface area contributed by atoms with Gasteiger partial charge >= 0.3 is 5.97 Å². The van der Waals surface area contributed by atoms with Crippen LogP contribution in [0.1, 0.15) is 61.1 Å². The molecule has 1 atom stereocenters. The van der Waals surface area contributed by atoms with E-state index < -0.39 is 21.1 Å². The van der Waals surface area contributed by atoms with Crippen molar-refractivity contribution in [2.45, 2.75) is 40.3 Å². The molecule has 5 aromatic rings. The Bertz CT molecular complexity index is 1870. The number of benzene rings is 3. The third-order valence-electron chi connectivity index (χ3n) is 7.70. The Balaban J connectivity index is 1.38. The van der Waals surface area contributed by atoms with E-state index in [1.54, 1.807) is 25.1 Å². The summed E-state index contributed by atoms with van der Waals surface area (Å²) < 4.78 is 14.1. The number of aromatic nitrogens is 2. The van der Waals surface area contributed by atoms with Gasteiger partial charge in [-0.15, -0.1) is 0 Å². The Hall–Kier alpha value is -4.47. The molecule has 2 heterocycles. The first-order valence-electron chi connectivity index (χ1n) is 15.9. The van der Waals surface area contributed by atoms with Gasteiger partial charge in [0.05, 0.1) is 30.0 Å². The first-order chi connectivity index (χ1) is 23.6. The van der Waals surface area contributed by atoms with Crippen molar-refractivity contribution < 1.29 is 18.8 Å². The van der Waals surface area contributed by atoms with E-state index in [1.165, 1.54) is 12.3 Å². The van der Waals surface area contributed by atoms with Crippen LogP contribution < -0.4 is 15.7 Å². The minimum Gasteiger partial charge on any atom is -0.461 e. The lowest BCUT2D eigenvalue weighted by Gasteiger charge is -2.36. The predicted octanol–water partition coefficient (Wildman–Crippen LogP) is 7.60. The van der Waals surface area contributed by atoms with E-state index in [4.69, 9.17) is 32.4 Å². The lowest BCUT2D eigenvalue weighted by molar-refractivity contribution is -0.116. The van der Waals surface area contributed by atoms with Crippen molar-refractivity contribution in [3.63, 3.8) is 0 Å². The average Bonchev–Trinajstić information content (AvgIpc) is 3.56. The molecule has 1 radical (unpaired) electrons. The molecule has 7 nitrogen and oxygen atoms in total. The topological polar surface area (TPSA) is 82.5 Å². The maximum absolute atomic E-state index is 12.8. The molecule has 0 spiro atoms. The highest BCUT2D eigenvalue weighted by Gasteiger charge is 2.36. The molecule has 2 aromatic heterocycles. The van der Waals surface area contributed by atoms with Crippen molar-refractivity contribution in [2.24, 2.45) is 5.41 Å². The third kappa shape index (κ3) is 8.96. The summed E-state index contributed by atoms with van der Waals surface area (Å²) in [6.07, 6.45) is 6.03. The normalized spacial score (nSPS) is 12.3. The number of nitrogens with one attached hydrogen (secondary N) is 1. The number of amides is 1. The molecule has 0 fully saturated rings. The van der Waals surface area contributed by atoms with E-state index in [2.05, 4.69) is 55.3 Å². The number of pyridine rings is 1. The van der Waals surface area contributed by atoms with E-state index >= 15 is 0 Å². The molecule has 3 aromatic carbocycles. The van der Waals surface area contributed by atoms with Gasteiger partial charge < -0.3 is 19.0 Å². The SMILES string of the molecule is CCOC(=O)c1ccc(/C=C/C(=O)NCc2cccn2-c2ccc(Cl)c(C(O[Si](c3ccccc3)c3ccccc3)C(C)(C)C)c2Cl)cn1. The number of hydrogen-bond donors (Lipinski definition) is 1. The Kier molecular flexibility index (Phi) is 11.9. The first kappa shape index (κ1) is 35.8. The van der Waals surface area contributed by atoms with Crippen LogP contribution in [0.15, 0.2) is 116 Å². The zero-order valence-corrected chi connectivity index (χ0v) is 30.3. The largest absolute Gasteiger partial charge is 0.461 e. The molecule has 0 aliphatic carbocycles. The second-order valence-electron chi connectivity index (χ2n) is 12.3. The van der Waals surface area contributed by atoms with E-state index in [0.29, 0.717) is 15.6 Å². The van der Waals surface area contributed by atoms with Crippen LogP contribution in [-0.4, -0.2) is 37.1 Å². The molecule has 0 aliphatic rings. The predicted molar refractivity (Wildman–Crippen MR) is 198 cm³/mol. The molecular formula is C39H38Cl2N3O4Si. The van der Waals surface area contributed by atoms with Crippen molar-refractivity contribution in [3.05, 3.63) is 148 Å². The van der Waals surface area contributed by atoms with Crippen molar-refractivity contribution in [2.75, 3.05) is 6.61 Å². The number of nitrogens with zero attached hydrogens (tertiary/aromatic N) is 2. The van der Waals surface area contributed by atoms with Crippen LogP contribution in [0.5, 0.6) is 0 Å². The molecular weight excluding hydrogens is 673 g/mol. The zero-order valence-electron chi connectivity index (χ0n) is 27.8. The van der Waals surface area contributed by atoms with Crippen LogP contribution in [0.2, 0.25) is 10.0 Å². The number of hydrogen-bond acceptors (Lipinski definition) is 5. The van der Waals surface area contributed by atoms with E-state index in [1.807, 2.05) is 71.4 Å². The fourth-order valence-electron chi connectivity index (χ4n) is 5.29. The average molecular weight is 712 g/mol. The van der Waals surface area contributed by atoms with Crippen molar-refractivity contribution in [1.29, 1.82) is 0 Å². The fraction of sp³-hybridized carbons (Fsp3) is 0.205. The molecule has 49 heavy (non-hydrogen) atoms. The number of rotatable bonds is 12. The smallest absolute Gasteiger partial charge is 0.356 e. The Morgan fingerprint density at radius 1 is 0.918 bits per heavy atom. The van der Waals surface area contributed by atoms with E-state index in [0.717, 1.165) is 27.3 Å². The summed E-state index contributed by atoms with van der Waals surface area (Å²) in [6.45, 7) is 8.64. The summed E-state index contributed by atoms with van der Waals surface area (Å²) in [4.78, 5) is 28.7. The lowest BCUT2D eigenvalue weighted by atomic mass is 9.84. The maximum atomic E-state index is 12.8. The lowest BCUT2D eigenvalue weighted by Crippen LogP contribution is -2.47. The van der Waals surface area contributed by atoms with Gasteiger partial charge in [-0.25, -0.2) is 9.78 Å². The maximum Gasteiger partial charge on any atom is 0.356 e. The van der Waals surface area contributed by atoms with Crippen molar-refractivity contribution in [3.8, 4) is 5.69 Å². The Morgan fingerprint density at radius 2 is 1.59 bits per heavy atom. The molecule has 251 valence electrons. The molecule has 1 N–H and O–H groups in total. The molecule has 10 heteroatoms. The van der Waals surface area contributed by atoms with Crippen molar-refractivity contribution >= 4 is 60.6 Å². The standard InChI is InChI=1S/C39H38Cl2N3O4Si/c1-5-47-38(46)32-21-18-27(25-42-32)19-23-34(45)43-26-28-13-12-24-44(28)33-22-20-31(40)35(36(33)41)37(39(2,3)4)48-49(29-14-8-6-9-15-29)30-16-10-7-11-17-30/h6-25,37H,5,26H2,1-4H3,(H,43,45)/b23-19+. The zero-order chi connectivity index (χ0) is 35.0. The molecule has 1 unspecified atom stereocenters. The Labute approximate surface area is 299 Å². The van der Waals surface area contributed by atoms with Crippen LogP contribution in [0.25, 0.3) is 11.8 Å². The third-order valence-corrected chi connectivity index (χ3v) is 10.6. The summed E-state index contributed by atoms with van der Waals surface area (Å²) >= 11 is 14.2. The number of carbonyl (C=O) groups is 2. The van der Waals surface area contributed by atoms with Gasteiger partial charge in [0, 0.05) is 34.7 Å². The van der Waals surface area contributed by atoms with Crippen LogP contribution in [0.4, 0.5) is 0 Å². The van der Waals surface area contributed by atoms with Crippen LogP contribution in [-0.2, 0) is 20.5 Å². The van der Waals surface area contributed by atoms with Gasteiger partial charge in [0.15, 0.2) is 0 Å². The monoisotopic (exact) mass is 710 g/mol. The van der Waals surface area contributed by atoms with Crippen LogP contribution in [0.3, 0.4) is 0 Å². The van der Waals surface area contributed by atoms with Gasteiger partial charge in [0.2, 0.25) is 5.91 Å². The fourth-order valence-corrected chi connectivity index (χ4v) is 8.25. The second-order valence-corrected chi connectivity index (χ2v) is 15.2.